The lowest BCUT2D eigenvalue weighted by molar-refractivity contribution is -0.126. The SMILES string of the molecule is CC(C)N(C)CCCCNC(=O)C(C)N1CCNCC1. The van der Waals surface area contributed by atoms with E-state index < -0.39 is 0 Å². The third-order valence-electron chi connectivity index (χ3n) is 4.20. The Morgan fingerprint density at radius 1 is 1.25 bits per heavy atom. The van der Waals surface area contributed by atoms with Crippen LogP contribution in [-0.2, 0) is 4.79 Å². The lowest BCUT2D eigenvalue weighted by Crippen LogP contribution is -2.52. The summed E-state index contributed by atoms with van der Waals surface area (Å²) >= 11 is 0. The highest BCUT2D eigenvalue weighted by atomic mass is 16.2. The first-order valence-corrected chi connectivity index (χ1v) is 7.95. The largest absolute Gasteiger partial charge is 0.355 e. The topological polar surface area (TPSA) is 47.6 Å². The zero-order chi connectivity index (χ0) is 15.0. The predicted molar refractivity (Wildman–Crippen MR) is 83.9 cm³/mol. The summed E-state index contributed by atoms with van der Waals surface area (Å²) in [5, 5.41) is 6.37. The van der Waals surface area contributed by atoms with E-state index in [0.29, 0.717) is 6.04 Å². The summed E-state index contributed by atoms with van der Waals surface area (Å²) < 4.78 is 0. The average Bonchev–Trinajstić information content (AvgIpc) is 2.46. The zero-order valence-corrected chi connectivity index (χ0v) is 13.6. The summed E-state index contributed by atoms with van der Waals surface area (Å²) in [6.07, 6.45) is 2.19. The minimum absolute atomic E-state index is 0.00422. The summed E-state index contributed by atoms with van der Waals surface area (Å²) in [7, 11) is 2.15. The van der Waals surface area contributed by atoms with Gasteiger partial charge < -0.3 is 15.5 Å². The van der Waals surface area contributed by atoms with E-state index in [4.69, 9.17) is 0 Å². The molecule has 2 N–H and O–H groups in total. The third kappa shape index (κ3) is 6.20. The molecule has 20 heavy (non-hydrogen) atoms. The summed E-state index contributed by atoms with van der Waals surface area (Å²) in [6.45, 7) is 12.2. The fraction of sp³-hybridized carbons (Fsp3) is 0.933. The highest BCUT2D eigenvalue weighted by Gasteiger charge is 2.21. The van der Waals surface area contributed by atoms with Crippen molar-refractivity contribution in [2.24, 2.45) is 0 Å². The summed E-state index contributed by atoms with van der Waals surface area (Å²) in [4.78, 5) is 16.7. The standard InChI is InChI=1S/C15H32N4O/c1-13(2)18(4)10-6-5-7-17-15(20)14(3)19-11-8-16-9-12-19/h13-14,16H,5-12H2,1-4H3,(H,17,20). The fourth-order valence-electron chi connectivity index (χ4n) is 2.34. The van der Waals surface area contributed by atoms with Crippen molar-refractivity contribution < 1.29 is 4.79 Å². The van der Waals surface area contributed by atoms with E-state index >= 15 is 0 Å². The molecule has 0 spiro atoms. The molecular formula is C15H32N4O. The van der Waals surface area contributed by atoms with Gasteiger partial charge in [0.1, 0.15) is 0 Å². The first kappa shape index (κ1) is 17.4. The van der Waals surface area contributed by atoms with Gasteiger partial charge in [0.05, 0.1) is 6.04 Å². The Morgan fingerprint density at radius 3 is 2.50 bits per heavy atom. The van der Waals surface area contributed by atoms with Crippen LogP contribution in [0.2, 0.25) is 0 Å². The second-order valence-electron chi connectivity index (χ2n) is 6.03. The van der Waals surface area contributed by atoms with Gasteiger partial charge in [-0.15, -0.1) is 0 Å². The first-order chi connectivity index (χ1) is 9.52. The van der Waals surface area contributed by atoms with Crippen molar-refractivity contribution in [2.75, 3.05) is 46.3 Å². The van der Waals surface area contributed by atoms with E-state index in [2.05, 4.69) is 41.3 Å². The maximum absolute atomic E-state index is 12.1. The molecule has 1 rings (SSSR count). The van der Waals surface area contributed by atoms with Crippen LogP contribution in [0.3, 0.4) is 0 Å². The van der Waals surface area contributed by atoms with Gasteiger partial charge in [0.15, 0.2) is 0 Å². The molecule has 1 aliphatic rings. The Hall–Kier alpha value is -0.650. The van der Waals surface area contributed by atoms with Crippen LogP contribution in [0.15, 0.2) is 0 Å². The van der Waals surface area contributed by atoms with E-state index in [9.17, 15) is 4.79 Å². The Labute approximate surface area is 124 Å². The van der Waals surface area contributed by atoms with E-state index in [-0.39, 0.29) is 11.9 Å². The molecule has 0 radical (unpaired) electrons. The van der Waals surface area contributed by atoms with Crippen LogP contribution in [0, 0.1) is 0 Å². The predicted octanol–water partition coefficient (Wildman–Crippen LogP) is 0.517. The van der Waals surface area contributed by atoms with Crippen molar-refractivity contribution in [3.63, 3.8) is 0 Å². The number of nitrogens with zero attached hydrogens (tertiary/aromatic N) is 2. The van der Waals surface area contributed by atoms with Crippen molar-refractivity contribution in [2.45, 2.75) is 45.7 Å². The van der Waals surface area contributed by atoms with Gasteiger partial charge in [-0.25, -0.2) is 0 Å². The number of carbonyl (C=O) groups is 1. The van der Waals surface area contributed by atoms with Gasteiger partial charge in [-0.05, 0) is 47.2 Å². The minimum atomic E-state index is -0.00422. The highest BCUT2D eigenvalue weighted by molar-refractivity contribution is 5.81. The summed E-state index contributed by atoms with van der Waals surface area (Å²) in [5.74, 6) is 0.170. The smallest absolute Gasteiger partial charge is 0.237 e. The van der Waals surface area contributed by atoms with Gasteiger partial charge in [-0.1, -0.05) is 0 Å². The van der Waals surface area contributed by atoms with E-state index in [1.807, 2.05) is 6.92 Å². The van der Waals surface area contributed by atoms with Crippen LogP contribution in [-0.4, -0.2) is 74.1 Å². The van der Waals surface area contributed by atoms with Gasteiger partial charge in [-0.2, -0.15) is 0 Å². The molecule has 1 amide bonds. The number of unbranched alkanes of at least 4 members (excludes halogenated alkanes) is 1. The fourth-order valence-corrected chi connectivity index (χ4v) is 2.34. The van der Waals surface area contributed by atoms with Gasteiger partial charge in [0, 0.05) is 38.8 Å². The van der Waals surface area contributed by atoms with Crippen LogP contribution in [0.1, 0.15) is 33.6 Å². The molecule has 1 unspecified atom stereocenters. The van der Waals surface area contributed by atoms with Crippen LogP contribution in [0.5, 0.6) is 0 Å². The van der Waals surface area contributed by atoms with E-state index in [1.165, 1.54) is 0 Å². The number of rotatable bonds is 8. The quantitative estimate of drug-likeness (QED) is 0.638. The van der Waals surface area contributed by atoms with Crippen molar-refractivity contribution in [1.82, 2.24) is 20.4 Å². The molecule has 1 heterocycles. The average molecular weight is 284 g/mol. The minimum Gasteiger partial charge on any atom is -0.355 e. The zero-order valence-electron chi connectivity index (χ0n) is 13.6. The van der Waals surface area contributed by atoms with E-state index in [0.717, 1.165) is 52.1 Å². The summed E-state index contributed by atoms with van der Waals surface area (Å²) in [6, 6.07) is 0.591. The molecule has 118 valence electrons. The number of piperazine rings is 1. The van der Waals surface area contributed by atoms with Crippen molar-refractivity contribution in [3.05, 3.63) is 0 Å². The molecular weight excluding hydrogens is 252 g/mol. The molecule has 1 fully saturated rings. The van der Waals surface area contributed by atoms with Crippen LogP contribution in [0.25, 0.3) is 0 Å². The van der Waals surface area contributed by atoms with Gasteiger partial charge in [0.2, 0.25) is 5.91 Å². The van der Waals surface area contributed by atoms with E-state index in [1.54, 1.807) is 0 Å². The van der Waals surface area contributed by atoms with Crippen molar-refractivity contribution in [1.29, 1.82) is 0 Å². The molecule has 0 saturated carbocycles. The highest BCUT2D eigenvalue weighted by Crippen LogP contribution is 2.01. The van der Waals surface area contributed by atoms with Crippen LogP contribution in [0.4, 0.5) is 0 Å². The van der Waals surface area contributed by atoms with Crippen molar-refractivity contribution in [3.8, 4) is 0 Å². The molecule has 0 aromatic carbocycles. The normalized spacial score (nSPS) is 18.5. The monoisotopic (exact) mass is 284 g/mol. The lowest BCUT2D eigenvalue weighted by atomic mass is 10.2. The Balaban J connectivity index is 2.10. The second-order valence-corrected chi connectivity index (χ2v) is 6.03. The maximum atomic E-state index is 12.1. The molecule has 0 aromatic rings. The molecule has 1 atom stereocenters. The molecule has 0 aromatic heterocycles. The molecule has 1 saturated heterocycles. The molecule has 5 heteroatoms. The Bertz CT molecular complexity index is 277. The molecule has 0 aliphatic carbocycles. The van der Waals surface area contributed by atoms with Gasteiger partial charge >= 0.3 is 0 Å². The number of carbonyl (C=O) groups excluding carboxylic acids is 1. The number of amides is 1. The Kier molecular flexibility index (Phi) is 8.11. The van der Waals surface area contributed by atoms with Gasteiger partial charge in [0.25, 0.3) is 0 Å². The lowest BCUT2D eigenvalue weighted by Gasteiger charge is -2.31. The second kappa shape index (κ2) is 9.32. The maximum Gasteiger partial charge on any atom is 0.237 e. The van der Waals surface area contributed by atoms with Crippen LogP contribution >= 0.6 is 0 Å². The molecule has 0 bridgehead atoms. The number of nitrogens with one attached hydrogen (secondary N) is 2. The Morgan fingerprint density at radius 2 is 1.90 bits per heavy atom. The first-order valence-electron chi connectivity index (χ1n) is 7.95. The number of hydrogen-bond donors (Lipinski definition) is 2. The molecule has 1 aliphatic heterocycles. The van der Waals surface area contributed by atoms with Crippen LogP contribution < -0.4 is 10.6 Å². The third-order valence-corrected chi connectivity index (χ3v) is 4.20. The van der Waals surface area contributed by atoms with Crippen molar-refractivity contribution >= 4 is 5.91 Å². The van der Waals surface area contributed by atoms with Gasteiger partial charge in [-0.3, -0.25) is 9.69 Å². The number of hydrogen-bond acceptors (Lipinski definition) is 4. The molecule has 5 nitrogen and oxygen atoms in total. The summed E-state index contributed by atoms with van der Waals surface area (Å²) in [5.41, 5.74) is 0.